The van der Waals surface area contributed by atoms with Crippen molar-refractivity contribution in [3.63, 3.8) is 0 Å². The molecule has 0 aromatic carbocycles. The van der Waals surface area contributed by atoms with Gasteiger partial charge < -0.3 is 50.7 Å². The molecule has 23 heteroatoms. The fourth-order valence-corrected chi connectivity index (χ4v) is 11.4. The van der Waals surface area contributed by atoms with Crippen molar-refractivity contribution in [2.75, 3.05) is 42.3 Å². The standard InChI is InChI=1S/C63H111N11O12/c1-26-29-30-39(14)50-49-54(77)66-43(27-2)58(81)68(20)42(17)57(80)73(25)51(63(18,19)28-3)55(78)67-47(37(10)11)61(84)69(21)44(31-34(4)5)53(76)64-40(15)52(75)65-41(16)56(79)70(22)45(32-35(6)7)59(82)71(23)46(33-36(8)9)60(83)72(24)48(38(12)13)62(85)74(49)86-50/h28,34-51H,3,26-27,29-33H2,1-2,4-25H3,(H,64,76)(H,65,75)(H,66,77)(H,67,78)/t39-,40+,41-,42-,43+,44+,45+,46+,47+,48+,49+,50-,51-/m1/s1. The number of amides is 11. The van der Waals surface area contributed by atoms with Gasteiger partial charge in [0.1, 0.15) is 66.5 Å². The van der Waals surface area contributed by atoms with Crippen LogP contribution < -0.4 is 21.3 Å². The van der Waals surface area contributed by atoms with Gasteiger partial charge in [0.15, 0.2) is 6.04 Å². The Morgan fingerprint density at radius 2 is 0.988 bits per heavy atom. The van der Waals surface area contributed by atoms with E-state index in [4.69, 9.17) is 4.84 Å². The molecule has 11 amide bonds. The average molecular weight is 1210 g/mol. The Kier molecular flexibility index (Phi) is 28.9. The number of fused-ring (bicyclic) bond motifs is 1. The maximum absolute atomic E-state index is 15.1. The van der Waals surface area contributed by atoms with Gasteiger partial charge in [0.2, 0.25) is 59.1 Å². The summed E-state index contributed by atoms with van der Waals surface area (Å²) in [4.78, 5) is 175. The highest BCUT2D eigenvalue weighted by atomic mass is 16.7. The van der Waals surface area contributed by atoms with Crippen LogP contribution in [0.1, 0.15) is 170 Å². The van der Waals surface area contributed by atoms with E-state index in [2.05, 4.69) is 27.8 Å². The molecule has 23 nitrogen and oxygen atoms in total. The third kappa shape index (κ3) is 18.7. The number of unbranched alkanes of at least 4 members (excludes halogenated alkanes) is 1. The van der Waals surface area contributed by atoms with Gasteiger partial charge in [0, 0.05) is 47.7 Å². The number of hydrogen-bond acceptors (Lipinski definition) is 12. The van der Waals surface area contributed by atoms with Crippen LogP contribution in [-0.4, -0.2) is 214 Å². The molecule has 0 saturated carbocycles. The number of nitrogens with zero attached hydrogens (tertiary/aromatic N) is 7. The molecule has 2 heterocycles. The van der Waals surface area contributed by atoms with Gasteiger partial charge in [0.25, 0.3) is 5.91 Å². The lowest BCUT2D eigenvalue weighted by Crippen LogP contribution is -2.72. The Labute approximate surface area is 514 Å². The summed E-state index contributed by atoms with van der Waals surface area (Å²) in [6.07, 6.45) is 3.57. The smallest absolute Gasteiger partial charge is 0.270 e. The van der Waals surface area contributed by atoms with Crippen LogP contribution in [0, 0.1) is 40.9 Å². The number of rotatable bonds is 15. The minimum absolute atomic E-state index is 0.0703. The van der Waals surface area contributed by atoms with Crippen molar-refractivity contribution in [3.8, 4) is 0 Å². The average Bonchev–Trinajstić information content (AvgIpc) is 1.20. The van der Waals surface area contributed by atoms with Gasteiger partial charge in [-0.1, -0.05) is 123 Å². The summed E-state index contributed by atoms with van der Waals surface area (Å²) in [5.41, 5.74) is -1.13. The maximum atomic E-state index is 15.1. The molecule has 2 rings (SSSR count). The Balaban J connectivity index is 2.98. The lowest BCUT2D eigenvalue weighted by molar-refractivity contribution is -0.322. The number of hydrogen-bond donors (Lipinski definition) is 4. The van der Waals surface area contributed by atoms with E-state index < -0.39 is 155 Å². The lowest BCUT2D eigenvalue weighted by atomic mass is 9.82. The summed E-state index contributed by atoms with van der Waals surface area (Å²) in [6.45, 7) is 35.6. The van der Waals surface area contributed by atoms with Crippen LogP contribution in [0.25, 0.3) is 0 Å². The van der Waals surface area contributed by atoms with Crippen molar-refractivity contribution in [2.24, 2.45) is 40.9 Å². The molecule has 13 atom stereocenters. The molecular weight excluding hydrogens is 1100 g/mol. The van der Waals surface area contributed by atoms with Crippen molar-refractivity contribution in [2.45, 2.75) is 242 Å². The van der Waals surface area contributed by atoms with Gasteiger partial charge in [-0.2, -0.15) is 0 Å². The Bertz CT molecular complexity index is 2410. The normalized spacial score (nSPS) is 28.6. The molecule has 0 aromatic rings. The lowest BCUT2D eigenvalue weighted by Gasteiger charge is -2.50. The number of hydroxylamine groups is 2. The van der Waals surface area contributed by atoms with Crippen molar-refractivity contribution in [1.29, 1.82) is 0 Å². The van der Waals surface area contributed by atoms with Gasteiger partial charge in [-0.3, -0.25) is 57.6 Å². The van der Waals surface area contributed by atoms with Crippen molar-refractivity contribution in [1.82, 2.24) is 55.7 Å². The molecule has 0 spiro atoms. The van der Waals surface area contributed by atoms with Gasteiger partial charge in [-0.15, -0.1) is 6.58 Å². The summed E-state index contributed by atoms with van der Waals surface area (Å²) in [5, 5.41) is 12.1. The number of nitrogens with one attached hydrogen (secondary N) is 4. The zero-order chi connectivity index (χ0) is 66.5. The zero-order valence-corrected chi connectivity index (χ0v) is 56.7. The maximum Gasteiger partial charge on any atom is 0.270 e. The molecule has 0 unspecified atom stereocenters. The Hall–Kier alpha value is -6.13. The summed E-state index contributed by atoms with van der Waals surface area (Å²) in [5.74, 6) is -8.98. The van der Waals surface area contributed by atoms with Gasteiger partial charge >= 0.3 is 0 Å². The quantitative estimate of drug-likeness (QED) is 0.167. The molecule has 2 saturated heterocycles. The molecule has 0 bridgehead atoms. The third-order valence-electron chi connectivity index (χ3n) is 17.1. The molecule has 2 aliphatic rings. The molecule has 86 heavy (non-hydrogen) atoms. The largest absolute Gasteiger partial charge is 0.343 e. The predicted octanol–water partition coefficient (Wildman–Crippen LogP) is 4.37. The first-order valence-corrected chi connectivity index (χ1v) is 31.1. The van der Waals surface area contributed by atoms with E-state index in [9.17, 15) is 43.2 Å². The third-order valence-corrected chi connectivity index (χ3v) is 17.1. The SMILES string of the molecule is C=CC(C)(C)[C@H]1C(=O)N[C@@H](C(C)C)C(=O)N(C)[C@@H](CC(C)C)C(=O)N[C@@H](C)C(=O)N[C@H](C)C(=O)N(C)[C@@H](CC(C)C)C(=O)N(C)[C@@H](CC(C)C)C(=O)N(C)[C@@H](C(C)C)C(=O)N2O[C@H]([C@H](C)CCCC)[C@H]2C(=O)N[C@@H](CC)C(=O)N(C)[C@H](C)C(=O)N1C. The van der Waals surface area contributed by atoms with Gasteiger partial charge in [-0.05, 0) is 88.4 Å². The number of likely N-dealkylation sites (N-methyl/N-ethyl adjacent to an activating group) is 6. The molecular formula is C63H111N11O12. The fraction of sp³-hybridized carbons (Fsp3) is 0.794. The highest BCUT2D eigenvalue weighted by molar-refractivity contribution is 6.00. The van der Waals surface area contributed by atoms with E-state index in [0.717, 1.165) is 17.9 Å². The Morgan fingerprint density at radius 1 is 0.512 bits per heavy atom. The number of carbonyl (C=O) groups is 11. The second-order valence-corrected chi connectivity index (χ2v) is 26.9. The van der Waals surface area contributed by atoms with E-state index in [1.807, 2.05) is 55.4 Å². The summed E-state index contributed by atoms with van der Waals surface area (Å²) >= 11 is 0. The second-order valence-electron chi connectivity index (χ2n) is 26.9. The molecule has 4 N–H and O–H groups in total. The molecule has 0 aromatic heterocycles. The van der Waals surface area contributed by atoms with Crippen molar-refractivity contribution < 1.29 is 57.6 Å². The van der Waals surface area contributed by atoms with Crippen LogP contribution in [-0.2, 0) is 57.6 Å². The van der Waals surface area contributed by atoms with Crippen molar-refractivity contribution >= 4 is 65.0 Å². The van der Waals surface area contributed by atoms with E-state index in [1.54, 1.807) is 48.5 Å². The Morgan fingerprint density at radius 3 is 1.45 bits per heavy atom. The minimum atomic E-state index is -1.30. The highest BCUT2D eigenvalue weighted by Crippen LogP contribution is 2.35. The topological polar surface area (TPSA) is 268 Å². The van der Waals surface area contributed by atoms with Crippen molar-refractivity contribution in [3.05, 3.63) is 12.7 Å². The summed E-state index contributed by atoms with van der Waals surface area (Å²) < 4.78 is 0. The first-order valence-electron chi connectivity index (χ1n) is 31.1. The van der Waals surface area contributed by atoms with Crippen LogP contribution in [0.2, 0.25) is 0 Å². The monoisotopic (exact) mass is 1210 g/mol. The first kappa shape index (κ1) is 76.0. The van der Waals surface area contributed by atoms with E-state index >= 15 is 9.59 Å². The van der Waals surface area contributed by atoms with Gasteiger partial charge in [0.05, 0.1) is 0 Å². The van der Waals surface area contributed by atoms with Crippen LogP contribution in [0.4, 0.5) is 0 Å². The fourth-order valence-electron chi connectivity index (χ4n) is 11.4. The zero-order valence-electron chi connectivity index (χ0n) is 56.7. The molecule has 2 aliphatic heterocycles. The van der Waals surface area contributed by atoms with Crippen LogP contribution in [0.5, 0.6) is 0 Å². The van der Waals surface area contributed by atoms with Crippen LogP contribution in [0.15, 0.2) is 12.7 Å². The molecule has 490 valence electrons. The van der Waals surface area contributed by atoms with E-state index in [0.29, 0.717) is 6.42 Å². The van der Waals surface area contributed by atoms with E-state index in [-0.39, 0.29) is 49.4 Å². The molecule has 0 radical (unpaired) electrons. The first-order chi connectivity index (χ1) is 39.7. The second kappa shape index (κ2) is 32.7. The molecule has 0 aliphatic carbocycles. The minimum Gasteiger partial charge on any atom is -0.343 e. The summed E-state index contributed by atoms with van der Waals surface area (Å²) in [6, 6.07) is -13.3. The van der Waals surface area contributed by atoms with Gasteiger partial charge in [-0.25, -0.2) is 5.06 Å². The number of carbonyl (C=O) groups excluding carboxylic acids is 11. The van der Waals surface area contributed by atoms with E-state index in [1.165, 1.54) is 98.5 Å². The van der Waals surface area contributed by atoms with Crippen LogP contribution in [0.3, 0.4) is 0 Å². The summed E-state index contributed by atoms with van der Waals surface area (Å²) in [7, 11) is 8.65. The predicted molar refractivity (Wildman–Crippen MR) is 331 cm³/mol. The molecule has 2 fully saturated rings. The highest BCUT2D eigenvalue weighted by Gasteiger charge is 2.55. The van der Waals surface area contributed by atoms with Crippen LogP contribution >= 0.6 is 0 Å².